The minimum absolute atomic E-state index is 0.0809. The summed E-state index contributed by atoms with van der Waals surface area (Å²) < 4.78 is 4.94. The normalized spacial score (nSPS) is 11.5. The molecule has 100 valence electrons. The number of rotatable bonds is 7. The summed E-state index contributed by atoms with van der Waals surface area (Å²) in [5.74, 6) is -0.0936. The summed E-state index contributed by atoms with van der Waals surface area (Å²) in [7, 11) is 1.56. The van der Waals surface area contributed by atoms with Gasteiger partial charge in [-0.15, -0.1) is 0 Å². The lowest BCUT2D eigenvalue weighted by atomic mass is 10.2. The average Bonchev–Trinajstić information content (AvgIpc) is 2.91. The Morgan fingerprint density at radius 1 is 1.67 bits per heavy atom. The largest absolute Gasteiger partial charge is 0.409 e. The van der Waals surface area contributed by atoms with Gasteiger partial charge in [0, 0.05) is 32.8 Å². The quantitative estimate of drug-likeness (QED) is 0.266. The topological polar surface area (TPSA) is 117 Å². The molecule has 8 nitrogen and oxygen atoms in total. The zero-order valence-corrected chi connectivity index (χ0v) is 10.2. The second-order valence-corrected chi connectivity index (χ2v) is 3.61. The van der Waals surface area contributed by atoms with Gasteiger partial charge in [-0.05, 0) is 0 Å². The number of methoxy groups -OCH3 is 1. The molecular weight excluding hydrogens is 238 g/mol. The number of oxime groups is 1. The van der Waals surface area contributed by atoms with Gasteiger partial charge in [-0.25, -0.2) is 0 Å². The third kappa shape index (κ3) is 4.06. The molecule has 1 rings (SSSR count). The van der Waals surface area contributed by atoms with E-state index in [1.54, 1.807) is 12.0 Å². The molecule has 0 saturated carbocycles. The van der Waals surface area contributed by atoms with Crippen LogP contribution in [0.4, 0.5) is 0 Å². The molecule has 0 bridgehead atoms. The molecule has 1 heterocycles. The first kappa shape index (κ1) is 14.0. The van der Waals surface area contributed by atoms with Crippen LogP contribution in [0.15, 0.2) is 17.5 Å². The molecule has 1 amide bonds. The number of carbonyl (C=O) groups excluding carboxylic acids is 1. The molecule has 0 aliphatic heterocycles. The van der Waals surface area contributed by atoms with Gasteiger partial charge in [0.05, 0.1) is 18.4 Å². The molecule has 1 aromatic heterocycles. The van der Waals surface area contributed by atoms with Gasteiger partial charge in [-0.3, -0.25) is 9.89 Å². The summed E-state index contributed by atoms with van der Waals surface area (Å²) in [6.07, 6.45) is 3.26. The van der Waals surface area contributed by atoms with Crippen molar-refractivity contribution in [3.8, 4) is 0 Å². The van der Waals surface area contributed by atoms with Crippen LogP contribution in [-0.2, 0) is 4.74 Å². The van der Waals surface area contributed by atoms with Crippen molar-refractivity contribution in [3.63, 3.8) is 0 Å². The van der Waals surface area contributed by atoms with Crippen molar-refractivity contribution in [1.82, 2.24) is 15.1 Å². The van der Waals surface area contributed by atoms with Crippen LogP contribution in [0.2, 0.25) is 0 Å². The lowest BCUT2D eigenvalue weighted by molar-refractivity contribution is 0.0700. The number of aromatic nitrogens is 2. The van der Waals surface area contributed by atoms with Crippen molar-refractivity contribution in [2.75, 3.05) is 26.8 Å². The Bertz CT molecular complexity index is 390. The van der Waals surface area contributed by atoms with Crippen molar-refractivity contribution < 1.29 is 14.7 Å². The SMILES string of the molecule is COCCN(CCC(N)=NO)C(=O)c1cn[nH]c1. The summed E-state index contributed by atoms with van der Waals surface area (Å²) in [4.78, 5) is 13.6. The molecule has 0 unspecified atom stereocenters. The van der Waals surface area contributed by atoms with E-state index in [9.17, 15) is 4.79 Å². The van der Waals surface area contributed by atoms with Gasteiger partial charge in [-0.2, -0.15) is 5.10 Å². The maximum absolute atomic E-state index is 12.1. The lowest BCUT2D eigenvalue weighted by Gasteiger charge is -2.21. The number of H-pyrrole nitrogens is 1. The predicted molar refractivity (Wildman–Crippen MR) is 64.4 cm³/mol. The molecule has 0 saturated heterocycles. The fourth-order valence-corrected chi connectivity index (χ4v) is 1.37. The fraction of sp³-hybridized carbons (Fsp3) is 0.500. The molecule has 8 heteroatoms. The molecule has 0 aliphatic carbocycles. The van der Waals surface area contributed by atoms with E-state index in [0.29, 0.717) is 31.7 Å². The highest BCUT2D eigenvalue weighted by Gasteiger charge is 2.16. The first-order valence-electron chi connectivity index (χ1n) is 5.42. The fourth-order valence-electron chi connectivity index (χ4n) is 1.37. The summed E-state index contributed by atoms with van der Waals surface area (Å²) in [6.45, 7) is 1.20. The van der Waals surface area contributed by atoms with Crippen molar-refractivity contribution in [2.45, 2.75) is 6.42 Å². The predicted octanol–water partition coefficient (Wildman–Crippen LogP) is -0.365. The van der Waals surface area contributed by atoms with Gasteiger partial charge in [0.2, 0.25) is 0 Å². The van der Waals surface area contributed by atoms with Gasteiger partial charge < -0.3 is 20.6 Å². The molecule has 1 aromatic rings. The third-order valence-corrected chi connectivity index (χ3v) is 2.36. The number of hydrogen-bond donors (Lipinski definition) is 3. The summed E-state index contributed by atoms with van der Waals surface area (Å²) >= 11 is 0. The van der Waals surface area contributed by atoms with E-state index in [2.05, 4.69) is 15.4 Å². The van der Waals surface area contributed by atoms with E-state index >= 15 is 0 Å². The number of nitrogens with two attached hydrogens (primary N) is 1. The number of ether oxygens (including phenoxy) is 1. The average molecular weight is 255 g/mol. The van der Waals surface area contributed by atoms with Crippen molar-refractivity contribution in [2.24, 2.45) is 10.9 Å². The third-order valence-electron chi connectivity index (χ3n) is 2.36. The maximum Gasteiger partial charge on any atom is 0.257 e. The zero-order valence-electron chi connectivity index (χ0n) is 10.2. The van der Waals surface area contributed by atoms with E-state index in [0.717, 1.165) is 0 Å². The number of hydrogen-bond acceptors (Lipinski definition) is 5. The summed E-state index contributed by atoms with van der Waals surface area (Å²) in [6, 6.07) is 0. The first-order valence-corrected chi connectivity index (χ1v) is 5.42. The molecule has 0 aliphatic rings. The van der Waals surface area contributed by atoms with Gasteiger partial charge in [-0.1, -0.05) is 5.16 Å². The molecule has 4 N–H and O–H groups in total. The Morgan fingerprint density at radius 3 is 3.00 bits per heavy atom. The minimum atomic E-state index is -0.175. The Kier molecular flexibility index (Phi) is 5.65. The van der Waals surface area contributed by atoms with Gasteiger partial charge in [0.1, 0.15) is 5.84 Å². The highest BCUT2D eigenvalue weighted by molar-refractivity contribution is 5.94. The summed E-state index contributed by atoms with van der Waals surface area (Å²) in [5.41, 5.74) is 5.84. The van der Waals surface area contributed by atoms with Gasteiger partial charge >= 0.3 is 0 Å². The smallest absolute Gasteiger partial charge is 0.257 e. The van der Waals surface area contributed by atoms with E-state index in [4.69, 9.17) is 15.7 Å². The number of amides is 1. The van der Waals surface area contributed by atoms with Crippen LogP contribution in [0.5, 0.6) is 0 Å². The first-order chi connectivity index (χ1) is 8.69. The highest BCUT2D eigenvalue weighted by atomic mass is 16.5. The summed E-state index contributed by atoms with van der Waals surface area (Å²) in [5, 5.41) is 17.6. The second kappa shape index (κ2) is 7.28. The molecule has 18 heavy (non-hydrogen) atoms. The van der Waals surface area contributed by atoms with Crippen molar-refractivity contribution in [3.05, 3.63) is 18.0 Å². The number of carbonyl (C=O) groups is 1. The molecular formula is C10H17N5O3. The Labute approximate surface area is 104 Å². The Hall–Kier alpha value is -2.09. The van der Waals surface area contributed by atoms with Crippen LogP contribution in [0.1, 0.15) is 16.8 Å². The number of aromatic amines is 1. The Balaban J connectivity index is 2.62. The second-order valence-electron chi connectivity index (χ2n) is 3.61. The van der Waals surface area contributed by atoms with Crippen LogP contribution >= 0.6 is 0 Å². The van der Waals surface area contributed by atoms with Gasteiger partial charge in [0.25, 0.3) is 5.91 Å². The van der Waals surface area contributed by atoms with Crippen LogP contribution < -0.4 is 5.73 Å². The maximum atomic E-state index is 12.1. The molecule has 0 fully saturated rings. The lowest BCUT2D eigenvalue weighted by Crippen LogP contribution is -2.36. The van der Waals surface area contributed by atoms with E-state index in [1.165, 1.54) is 12.4 Å². The number of nitrogens with zero attached hydrogens (tertiary/aromatic N) is 3. The molecule has 0 spiro atoms. The standard InChI is InChI=1S/C10H17N5O3/c1-18-5-4-15(3-2-9(11)14-17)10(16)8-6-12-13-7-8/h6-7,17H,2-5H2,1H3,(H2,11,14)(H,12,13). The Morgan fingerprint density at radius 2 is 2.44 bits per heavy atom. The van der Waals surface area contributed by atoms with E-state index < -0.39 is 0 Å². The van der Waals surface area contributed by atoms with Crippen LogP contribution in [0.25, 0.3) is 0 Å². The monoisotopic (exact) mass is 255 g/mol. The van der Waals surface area contributed by atoms with Crippen LogP contribution in [-0.4, -0.2) is 58.9 Å². The van der Waals surface area contributed by atoms with E-state index in [1.807, 2.05) is 0 Å². The number of nitrogens with one attached hydrogen (secondary N) is 1. The van der Waals surface area contributed by atoms with E-state index in [-0.39, 0.29) is 11.7 Å². The zero-order chi connectivity index (χ0) is 13.4. The van der Waals surface area contributed by atoms with Gasteiger partial charge in [0.15, 0.2) is 0 Å². The van der Waals surface area contributed by atoms with Crippen LogP contribution in [0.3, 0.4) is 0 Å². The van der Waals surface area contributed by atoms with Crippen molar-refractivity contribution >= 4 is 11.7 Å². The molecule has 0 radical (unpaired) electrons. The highest BCUT2D eigenvalue weighted by Crippen LogP contribution is 2.03. The molecule has 0 aromatic carbocycles. The minimum Gasteiger partial charge on any atom is -0.409 e. The number of amidine groups is 1. The van der Waals surface area contributed by atoms with Crippen molar-refractivity contribution in [1.29, 1.82) is 0 Å². The van der Waals surface area contributed by atoms with Crippen LogP contribution in [0, 0.1) is 0 Å². The molecule has 0 atom stereocenters.